The molecule has 81 valence electrons. The number of ether oxygens (including phenoxy) is 1. The van der Waals surface area contributed by atoms with Gasteiger partial charge in [0.2, 0.25) is 0 Å². The number of rotatable bonds is 2. The molecule has 0 saturated carbocycles. The van der Waals surface area contributed by atoms with Crippen molar-refractivity contribution < 1.29 is 4.74 Å². The smallest absolute Gasteiger partial charge is 0.119 e. The van der Waals surface area contributed by atoms with Crippen LogP contribution in [-0.2, 0) is 0 Å². The van der Waals surface area contributed by atoms with E-state index in [1.165, 1.54) is 0 Å². The fourth-order valence-electron chi connectivity index (χ4n) is 1.63. The van der Waals surface area contributed by atoms with Gasteiger partial charge >= 0.3 is 0 Å². The zero-order chi connectivity index (χ0) is 11.5. The highest BCUT2D eigenvalue weighted by molar-refractivity contribution is 6.30. The molecule has 0 bridgehead atoms. The van der Waals surface area contributed by atoms with E-state index in [4.69, 9.17) is 16.3 Å². The molecule has 2 aromatic carbocycles. The van der Waals surface area contributed by atoms with Crippen LogP contribution in [0.15, 0.2) is 42.5 Å². The molecule has 0 spiro atoms. The van der Waals surface area contributed by atoms with Gasteiger partial charge in [-0.2, -0.15) is 0 Å². The van der Waals surface area contributed by atoms with Crippen LogP contribution in [0.5, 0.6) is 5.75 Å². The first kappa shape index (κ1) is 11.0. The molecule has 2 aromatic rings. The van der Waals surface area contributed by atoms with Gasteiger partial charge < -0.3 is 4.74 Å². The molecule has 0 aliphatic heterocycles. The van der Waals surface area contributed by atoms with E-state index in [0.29, 0.717) is 0 Å². The zero-order valence-corrected chi connectivity index (χ0v) is 9.79. The molecular weight excluding hydrogens is 220 g/mol. The Balaban J connectivity index is 2.48. The molecule has 1 radical (unpaired) electrons. The Labute approximate surface area is 101 Å². The number of hydrogen-bond donors (Lipinski definition) is 0. The summed E-state index contributed by atoms with van der Waals surface area (Å²) in [5, 5.41) is 0.729. The molecule has 0 heterocycles. The molecule has 0 fully saturated rings. The summed E-state index contributed by atoms with van der Waals surface area (Å²) in [6, 6.07) is 13.6. The van der Waals surface area contributed by atoms with E-state index >= 15 is 0 Å². The maximum Gasteiger partial charge on any atom is 0.119 e. The monoisotopic (exact) mass is 231 g/mol. The standard InChI is InChI=1S/C14H12ClO/c1-10-8-13(16-2)6-7-14(10)11-4-3-5-12(15)9-11/h3-9H,1H2,2H3. The van der Waals surface area contributed by atoms with Crippen molar-refractivity contribution in [1.29, 1.82) is 0 Å². The van der Waals surface area contributed by atoms with E-state index in [2.05, 4.69) is 6.92 Å². The van der Waals surface area contributed by atoms with Crippen molar-refractivity contribution in [2.45, 2.75) is 0 Å². The van der Waals surface area contributed by atoms with E-state index in [-0.39, 0.29) is 0 Å². The highest BCUT2D eigenvalue weighted by atomic mass is 35.5. The summed E-state index contributed by atoms with van der Waals surface area (Å²) in [4.78, 5) is 0. The summed E-state index contributed by atoms with van der Waals surface area (Å²) in [5.74, 6) is 0.816. The molecule has 0 atom stereocenters. The van der Waals surface area contributed by atoms with Gasteiger partial charge in [-0.1, -0.05) is 29.8 Å². The normalized spacial score (nSPS) is 10.2. The first-order valence-corrected chi connectivity index (χ1v) is 5.34. The van der Waals surface area contributed by atoms with Crippen LogP contribution in [0, 0.1) is 6.92 Å². The lowest BCUT2D eigenvalue weighted by atomic mass is 10.0. The van der Waals surface area contributed by atoms with Crippen LogP contribution in [0.25, 0.3) is 11.1 Å². The van der Waals surface area contributed by atoms with Crippen molar-refractivity contribution in [2.24, 2.45) is 0 Å². The van der Waals surface area contributed by atoms with Crippen molar-refractivity contribution in [3.63, 3.8) is 0 Å². The van der Waals surface area contributed by atoms with Gasteiger partial charge in [0.05, 0.1) is 7.11 Å². The first-order chi connectivity index (χ1) is 7.70. The molecule has 0 unspecified atom stereocenters. The van der Waals surface area contributed by atoms with Crippen LogP contribution in [-0.4, -0.2) is 7.11 Å². The average molecular weight is 232 g/mol. The third-order valence-corrected chi connectivity index (χ3v) is 2.68. The van der Waals surface area contributed by atoms with Crippen molar-refractivity contribution in [3.05, 3.63) is 60.0 Å². The maximum atomic E-state index is 5.96. The topological polar surface area (TPSA) is 9.23 Å². The Morgan fingerprint density at radius 1 is 1.12 bits per heavy atom. The van der Waals surface area contributed by atoms with Gasteiger partial charge in [0.25, 0.3) is 0 Å². The molecule has 2 heteroatoms. The molecule has 2 rings (SSSR count). The summed E-state index contributed by atoms with van der Waals surface area (Å²) in [5.41, 5.74) is 3.07. The SMILES string of the molecule is [CH2]c1cc(OC)ccc1-c1cccc(Cl)c1. The maximum absolute atomic E-state index is 5.96. The van der Waals surface area contributed by atoms with E-state index in [9.17, 15) is 0 Å². The lowest BCUT2D eigenvalue weighted by molar-refractivity contribution is 0.414. The summed E-state index contributed by atoms with van der Waals surface area (Å²) in [6.45, 7) is 4.01. The van der Waals surface area contributed by atoms with Crippen LogP contribution in [0.2, 0.25) is 5.02 Å². The van der Waals surface area contributed by atoms with Crippen molar-refractivity contribution in [3.8, 4) is 16.9 Å². The largest absolute Gasteiger partial charge is 0.497 e. The summed E-state index contributed by atoms with van der Waals surface area (Å²) >= 11 is 5.96. The van der Waals surface area contributed by atoms with E-state index in [0.717, 1.165) is 27.5 Å². The van der Waals surface area contributed by atoms with Gasteiger partial charge in [-0.3, -0.25) is 0 Å². The lowest BCUT2D eigenvalue weighted by Gasteiger charge is -2.08. The van der Waals surface area contributed by atoms with Crippen LogP contribution in [0.1, 0.15) is 5.56 Å². The fraction of sp³-hybridized carbons (Fsp3) is 0.0714. The second-order valence-corrected chi connectivity index (χ2v) is 3.97. The number of hydrogen-bond acceptors (Lipinski definition) is 1. The Bertz CT molecular complexity index is 506. The molecule has 0 aliphatic rings. The molecule has 0 N–H and O–H groups in total. The Hall–Kier alpha value is -1.47. The van der Waals surface area contributed by atoms with E-state index in [1.54, 1.807) is 7.11 Å². The minimum absolute atomic E-state index is 0.729. The van der Waals surface area contributed by atoms with Crippen LogP contribution in [0.3, 0.4) is 0 Å². The fourth-order valence-corrected chi connectivity index (χ4v) is 1.82. The molecule has 0 saturated heterocycles. The quantitative estimate of drug-likeness (QED) is 0.753. The number of halogens is 1. The van der Waals surface area contributed by atoms with Crippen LogP contribution >= 0.6 is 11.6 Å². The predicted molar refractivity (Wildman–Crippen MR) is 67.9 cm³/mol. The van der Waals surface area contributed by atoms with Crippen molar-refractivity contribution >= 4 is 11.6 Å². The summed E-state index contributed by atoms with van der Waals surface area (Å²) < 4.78 is 5.14. The average Bonchev–Trinajstić information content (AvgIpc) is 2.28. The molecule has 1 nitrogen and oxygen atoms in total. The molecule has 0 aliphatic carbocycles. The highest BCUT2D eigenvalue weighted by Crippen LogP contribution is 2.28. The molecule has 0 amide bonds. The Kier molecular flexibility index (Phi) is 3.16. The molecule has 16 heavy (non-hydrogen) atoms. The van der Waals surface area contributed by atoms with Gasteiger partial charge in [0.15, 0.2) is 0 Å². The third kappa shape index (κ3) is 2.20. The van der Waals surface area contributed by atoms with Crippen molar-refractivity contribution in [1.82, 2.24) is 0 Å². The highest BCUT2D eigenvalue weighted by Gasteiger charge is 2.03. The zero-order valence-electron chi connectivity index (χ0n) is 9.03. The Morgan fingerprint density at radius 2 is 1.94 bits per heavy atom. The minimum Gasteiger partial charge on any atom is -0.497 e. The van der Waals surface area contributed by atoms with Gasteiger partial charge in [0.1, 0.15) is 5.75 Å². The second-order valence-electron chi connectivity index (χ2n) is 3.53. The summed E-state index contributed by atoms with van der Waals surface area (Å²) in [6.07, 6.45) is 0. The summed E-state index contributed by atoms with van der Waals surface area (Å²) in [7, 11) is 1.65. The lowest BCUT2D eigenvalue weighted by Crippen LogP contribution is -1.87. The number of methoxy groups -OCH3 is 1. The van der Waals surface area contributed by atoms with Crippen LogP contribution in [0.4, 0.5) is 0 Å². The predicted octanol–water partition coefficient (Wildman–Crippen LogP) is 4.20. The van der Waals surface area contributed by atoms with Crippen molar-refractivity contribution in [2.75, 3.05) is 7.11 Å². The van der Waals surface area contributed by atoms with Gasteiger partial charge in [-0.25, -0.2) is 0 Å². The number of benzene rings is 2. The van der Waals surface area contributed by atoms with E-state index in [1.807, 2.05) is 42.5 Å². The van der Waals surface area contributed by atoms with E-state index < -0.39 is 0 Å². The molecular formula is C14H12ClO. The Morgan fingerprint density at radius 3 is 2.56 bits per heavy atom. The molecule has 0 aromatic heterocycles. The van der Waals surface area contributed by atoms with Gasteiger partial charge in [0, 0.05) is 5.02 Å². The first-order valence-electron chi connectivity index (χ1n) is 4.96. The van der Waals surface area contributed by atoms with Gasteiger partial charge in [-0.15, -0.1) is 0 Å². The minimum atomic E-state index is 0.729. The van der Waals surface area contributed by atoms with Gasteiger partial charge in [-0.05, 0) is 47.9 Å². The second kappa shape index (κ2) is 4.58. The third-order valence-electron chi connectivity index (χ3n) is 2.45. The van der Waals surface area contributed by atoms with Crippen LogP contribution < -0.4 is 4.74 Å².